The van der Waals surface area contributed by atoms with Gasteiger partial charge in [-0.25, -0.2) is 0 Å². The van der Waals surface area contributed by atoms with Crippen LogP contribution in [0, 0.1) is 5.92 Å². The summed E-state index contributed by atoms with van der Waals surface area (Å²) in [4.78, 5) is 11.7. The van der Waals surface area contributed by atoms with Crippen molar-refractivity contribution in [1.29, 1.82) is 0 Å². The normalized spacial score (nSPS) is 20.3. The van der Waals surface area contributed by atoms with Crippen LogP contribution in [-0.2, 0) is 16.8 Å². The summed E-state index contributed by atoms with van der Waals surface area (Å²) in [5.74, 6) is 1.09. The van der Waals surface area contributed by atoms with E-state index >= 15 is 0 Å². The molecule has 5 heteroatoms. The number of aliphatic hydroxyl groups is 1. The average Bonchev–Trinajstić information content (AvgIpc) is 2.80. The summed E-state index contributed by atoms with van der Waals surface area (Å²) >= 11 is 0. The Morgan fingerprint density at radius 3 is 2.52 bits per heavy atom. The number of nitrogens with one attached hydrogen (secondary N) is 1. The Balaban J connectivity index is 2.25. The predicted octanol–water partition coefficient (Wildman–Crippen LogP) is 1.61. The predicted molar refractivity (Wildman–Crippen MR) is 79.6 cm³/mol. The van der Waals surface area contributed by atoms with E-state index in [0.717, 1.165) is 17.5 Å². The molecule has 0 aliphatic heterocycles. The molecule has 0 radical (unpaired) electrons. The van der Waals surface area contributed by atoms with E-state index < -0.39 is 5.60 Å². The van der Waals surface area contributed by atoms with Gasteiger partial charge in [-0.2, -0.15) is 0 Å². The molecule has 116 valence electrons. The third kappa shape index (κ3) is 2.97. The molecular weight excluding hydrogens is 270 g/mol. The molecule has 1 aromatic rings. The highest BCUT2D eigenvalue weighted by Crippen LogP contribution is 2.42. The summed E-state index contributed by atoms with van der Waals surface area (Å²) < 4.78 is 10.6. The summed E-state index contributed by atoms with van der Waals surface area (Å²) in [6.45, 7) is 3.87. The summed E-state index contributed by atoms with van der Waals surface area (Å²) in [5.41, 5.74) is 0.803. The molecule has 1 amide bonds. The van der Waals surface area contributed by atoms with Crippen molar-refractivity contribution >= 4 is 5.91 Å². The first-order valence-corrected chi connectivity index (χ1v) is 7.16. The lowest BCUT2D eigenvalue weighted by atomic mass is 9.95. The highest BCUT2D eigenvalue weighted by Gasteiger charge is 2.38. The van der Waals surface area contributed by atoms with Gasteiger partial charge in [0, 0.05) is 5.92 Å². The zero-order valence-corrected chi connectivity index (χ0v) is 13.0. The van der Waals surface area contributed by atoms with Crippen LogP contribution in [0.2, 0.25) is 0 Å². The number of aryl methyl sites for hydroxylation is 1. The summed E-state index contributed by atoms with van der Waals surface area (Å²) in [6, 6.07) is 3.71. The van der Waals surface area contributed by atoms with Crippen LogP contribution in [0.5, 0.6) is 11.5 Å². The average molecular weight is 293 g/mol. The summed E-state index contributed by atoms with van der Waals surface area (Å²) in [6.07, 6.45) is 1.33. The number of benzene rings is 1. The quantitative estimate of drug-likeness (QED) is 0.865. The fraction of sp³-hybridized carbons (Fsp3) is 0.562. The number of amides is 1. The van der Waals surface area contributed by atoms with Crippen LogP contribution >= 0.6 is 0 Å². The molecule has 1 unspecified atom stereocenters. The van der Waals surface area contributed by atoms with Crippen molar-refractivity contribution in [3.63, 3.8) is 0 Å². The van der Waals surface area contributed by atoms with E-state index in [1.54, 1.807) is 14.2 Å². The first-order valence-electron chi connectivity index (χ1n) is 7.16. The molecule has 0 aromatic heterocycles. The van der Waals surface area contributed by atoms with Gasteiger partial charge in [0.05, 0.1) is 20.8 Å². The monoisotopic (exact) mass is 293 g/mol. The second kappa shape index (κ2) is 5.93. The van der Waals surface area contributed by atoms with Gasteiger partial charge in [-0.15, -0.1) is 0 Å². The first kappa shape index (κ1) is 15.6. The number of ether oxygens (including phenoxy) is 2. The summed E-state index contributed by atoms with van der Waals surface area (Å²) in [7, 11) is 3.16. The molecule has 21 heavy (non-hydrogen) atoms. The van der Waals surface area contributed by atoms with Gasteiger partial charge < -0.3 is 19.9 Å². The van der Waals surface area contributed by atoms with Crippen molar-refractivity contribution in [2.75, 3.05) is 20.8 Å². The van der Waals surface area contributed by atoms with Crippen LogP contribution < -0.4 is 14.8 Å². The minimum atomic E-state index is -1.04. The molecule has 2 N–H and O–H groups in total. The molecule has 0 saturated heterocycles. The van der Waals surface area contributed by atoms with Gasteiger partial charge in [0.2, 0.25) is 5.91 Å². The van der Waals surface area contributed by atoms with E-state index in [4.69, 9.17) is 9.47 Å². The van der Waals surface area contributed by atoms with Gasteiger partial charge >= 0.3 is 0 Å². The third-order valence-corrected chi connectivity index (χ3v) is 4.00. The molecule has 0 bridgehead atoms. The Kier molecular flexibility index (Phi) is 4.42. The number of rotatable bonds is 5. The first-order chi connectivity index (χ1) is 9.91. The van der Waals surface area contributed by atoms with Crippen molar-refractivity contribution in [2.24, 2.45) is 5.92 Å². The molecule has 5 nitrogen and oxygen atoms in total. The molecule has 1 atom stereocenters. The molecule has 1 aliphatic rings. The van der Waals surface area contributed by atoms with E-state index in [9.17, 15) is 9.90 Å². The lowest BCUT2D eigenvalue weighted by Gasteiger charge is -2.25. The highest BCUT2D eigenvalue weighted by molar-refractivity contribution is 5.78. The van der Waals surface area contributed by atoms with Gasteiger partial charge in [-0.05, 0) is 36.1 Å². The number of fused-ring (bicyclic) bond motifs is 1. The van der Waals surface area contributed by atoms with E-state index in [1.807, 2.05) is 26.0 Å². The second-order valence-corrected chi connectivity index (χ2v) is 5.77. The fourth-order valence-electron chi connectivity index (χ4n) is 2.66. The maximum absolute atomic E-state index is 11.7. The van der Waals surface area contributed by atoms with Gasteiger partial charge in [-0.3, -0.25) is 4.79 Å². The van der Waals surface area contributed by atoms with E-state index in [2.05, 4.69) is 5.32 Å². The molecule has 1 aliphatic carbocycles. The Labute approximate surface area is 125 Å². The lowest BCUT2D eigenvalue weighted by molar-refractivity contribution is -0.125. The minimum Gasteiger partial charge on any atom is -0.493 e. The Bertz CT molecular complexity index is 541. The Hall–Kier alpha value is -1.75. The highest BCUT2D eigenvalue weighted by atomic mass is 16.5. The smallest absolute Gasteiger partial charge is 0.222 e. The minimum absolute atomic E-state index is 0.0580. The van der Waals surface area contributed by atoms with Gasteiger partial charge in [0.15, 0.2) is 11.5 Å². The van der Waals surface area contributed by atoms with Crippen LogP contribution in [0.25, 0.3) is 0 Å². The number of methoxy groups -OCH3 is 2. The number of hydrogen-bond donors (Lipinski definition) is 2. The zero-order chi connectivity index (χ0) is 15.6. The molecular formula is C16H23NO4. The largest absolute Gasteiger partial charge is 0.493 e. The van der Waals surface area contributed by atoms with E-state index in [-0.39, 0.29) is 18.4 Å². The van der Waals surface area contributed by atoms with Crippen LogP contribution in [0.1, 0.15) is 31.4 Å². The van der Waals surface area contributed by atoms with Gasteiger partial charge in [-0.1, -0.05) is 13.8 Å². The molecule has 0 saturated carbocycles. The number of carbonyl (C=O) groups excluding carboxylic acids is 1. The lowest BCUT2D eigenvalue weighted by Crippen LogP contribution is -2.40. The summed E-state index contributed by atoms with van der Waals surface area (Å²) in [5, 5.41) is 13.7. The van der Waals surface area contributed by atoms with Crippen molar-refractivity contribution in [1.82, 2.24) is 5.32 Å². The van der Waals surface area contributed by atoms with Crippen LogP contribution in [0.3, 0.4) is 0 Å². The molecule has 0 heterocycles. The maximum atomic E-state index is 11.7. The van der Waals surface area contributed by atoms with Crippen molar-refractivity contribution < 1.29 is 19.4 Å². The Morgan fingerprint density at radius 1 is 1.33 bits per heavy atom. The van der Waals surface area contributed by atoms with E-state index in [1.165, 1.54) is 0 Å². The number of hydrogen-bond acceptors (Lipinski definition) is 4. The second-order valence-electron chi connectivity index (χ2n) is 5.77. The SMILES string of the molecule is COc1cc2c(cc1OC)C(O)(CNC(=O)C(C)C)CC2. The maximum Gasteiger partial charge on any atom is 0.222 e. The third-order valence-electron chi connectivity index (χ3n) is 4.00. The van der Waals surface area contributed by atoms with Crippen LogP contribution in [0.4, 0.5) is 0 Å². The van der Waals surface area contributed by atoms with Crippen molar-refractivity contribution in [2.45, 2.75) is 32.3 Å². The molecule has 0 fully saturated rings. The molecule has 1 aromatic carbocycles. The van der Waals surface area contributed by atoms with Crippen molar-refractivity contribution in [3.8, 4) is 11.5 Å². The molecule has 0 spiro atoms. The zero-order valence-electron chi connectivity index (χ0n) is 13.0. The van der Waals surface area contributed by atoms with Gasteiger partial charge in [0.1, 0.15) is 5.60 Å². The van der Waals surface area contributed by atoms with Crippen LogP contribution in [-0.4, -0.2) is 31.8 Å². The molecule has 2 rings (SSSR count). The fourth-order valence-corrected chi connectivity index (χ4v) is 2.66. The van der Waals surface area contributed by atoms with E-state index in [0.29, 0.717) is 17.9 Å². The number of carbonyl (C=O) groups is 1. The van der Waals surface area contributed by atoms with Gasteiger partial charge in [0.25, 0.3) is 0 Å². The standard InChI is InChI=1S/C16H23NO4/c1-10(2)15(18)17-9-16(19)6-5-11-7-13(20-3)14(21-4)8-12(11)16/h7-8,10,19H,5-6,9H2,1-4H3,(H,17,18). The van der Waals surface area contributed by atoms with Crippen molar-refractivity contribution in [3.05, 3.63) is 23.3 Å². The Morgan fingerprint density at radius 2 is 1.95 bits per heavy atom. The van der Waals surface area contributed by atoms with Crippen LogP contribution in [0.15, 0.2) is 12.1 Å². The topological polar surface area (TPSA) is 67.8 Å².